The van der Waals surface area contributed by atoms with Gasteiger partial charge in [-0.3, -0.25) is 9.67 Å². The molecule has 0 unspecified atom stereocenters. The van der Waals surface area contributed by atoms with E-state index in [0.29, 0.717) is 19.1 Å². The van der Waals surface area contributed by atoms with Gasteiger partial charge in [-0.1, -0.05) is 0 Å². The van der Waals surface area contributed by atoms with Gasteiger partial charge in [0.25, 0.3) is 0 Å². The van der Waals surface area contributed by atoms with Gasteiger partial charge in [0.15, 0.2) is 11.1 Å². The standard InChI is InChI=1S/C17H21N7O2S2/c1-24-13(8-14(23-24)26-7-6-25-2)15-20-11(9-27-15)12-10-28-17(21-12)22-16-18-4-3-5-19-16/h8-10H,3-7H2,1-2H3,(H2,18,19,21,22). The van der Waals surface area contributed by atoms with Gasteiger partial charge in [0, 0.05) is 44.1 Å². The highest BCUT2D eigenvalue weighted by molar-refractivity contribution is 7.14. The molecule has 4 rings (SSSR count). The Kier molecular flexibility index (Phi) is 5.84. The lowest BCUT2D eigenvalue weighted by atomic mass is 10.4. The maximum Gasteiger partial charge on any atom is 0.233 e. The van der Waals surface area contributed by atoms with Gasteiger partial charge in [-0.25, -0.2) is 9.97 Å². The molecule has 0 amide bonds. The second-order valence-corrected chi connectivity index (χ2v) is 7.76. The summed E-state index contributed by atoms with van der Waals surface area (Å²) in [7, 11) is 3.52. The van der Waals surface area contributed by atoms with Gasteiger partial charge in [0.2, 0.25) is 5.88 Å². The molecule has 0 spiro atoms. The molecule has 0 radical (unpaired) electrons. The van der Waals surface area contributed by atoms with Crippen LogP contribution in [0.5, 0.6) is 5.88 Å². The molecule has 4 heterocycles. The lowest BCUT2D eigenvalue weighted by molar-refractivity contribution is 0.143. The fourth-order valence-electron chi connectivity index (χ4n) is 2.62. The van der Waals surface area contributed by atoms with Crippen LogP contribution < -0.4 is 15.4 Å². The lowest BCUT2D eigenvalue weighted by Crippen LogP contribution is -2.35. The van der Waals surface area contributed by atoms with Crippen LogP contribution in [-0.4, -0.2) is 59.1 Å². The number of nitrogens with zero attached hydrogens (tertiary/aromatic N) is 5. The highest BCUT2D eigenvalue weighted by Gasteiger charge is 2.15. The molecule has 11 heteroatoms. The van der Waals surface area contributed by atoms with E-state index in [1.54, 1.807) is 23.1 Å². The molecule has 0 atom stereocenters. The van der Waals surface area contributed by atoms with Crippen molar-refractivity contribution < 1.29 is 9.47 Å². The van der Waals surface area contributed by atoms with E-state index >= 15 is 0 Å². The highest BCUT2D eigenvalue weighted by Crippen LogP contribution is 2.31. The number of thiazole rings is 2. The van der Waals surface area contributed by atoms with Crippen LogP contribution in [0.25, 0.3) is 22.1 Å². The quantitative estimate of drug-likeness (QED) is 0.568. The molecule has 148 valence electrons. The summed E-state index contributed by atoms with van der Waals surface area (Å²) in [5.74, 6) is 1.34. The van der Waals surface area contributed by atoms with Gasteiger partial charge >= 0.3 is 0 Å². The SMILES string of the molecule is COCCOc1cc(-c2nc(-c3csc(NC4=NCCCN4)n3)cs2)n(C)n1. The van der Waals surface area contributed by atoms with Crippen molar-refractivity contribution in [1.82, 2.24) is 25.1 Å². The summed E-state index contributed by atoms with van der Waals surface area (Å²) in [6.07, 6.45) is 1.06. The van der Waals surface area contributed by atoms with E-state index in [0.717, 1.165) is 52.7 Å². The van der Waals surface area contributed by atoms with Gasteiger partial charge in [-0.05, 0) is 6.42 Å². The largest absolute Gasteiger partial charge is 0.474 e. The van der Waals surface area contributed by atoms with E-state index in [1.165, 1.54) is 11.3 Å². The Labute approximate surface area is 170 Å². The summed E-state index contributed by atoms with van der Waals surface area (Å²) in [6, 6.07) is 1.89. The van der Waals surface area contributed by atoms with Crippen molar-refractivity contribution in [3.05, 3.63) is 16.8 Å². The van der Waals surface area contributed by atoms with Crippen molar-refractivity contribution in [2.45, 2.75) is 6.42 Å². The lowest BCUT2D eigenvalue weighted by Gasteiger charge is -2.13. The minimum atomic E-state index is 0.463. The van der Waals surface area contributed by atoms with Gasteiger partial charge in [0.05, 0.1) is 6.61 Å². The Balaban J connectivity index is 1.47. The van der Waals surface area contributed by atoms with Crippen LogP contribution in [0.1, 0.15) is 6.42 Å². The van der Waals surface area contributed by atoms with E-state index in [4.69, 9.17) is 14.5 Å². The summed E-state index contributed by atoms with van der Waals surface area (Å²) in [6.45, 7) is 2.76. The number of aryl methyl sites for hydroxylation is 1. The van der Waals surface area contributed by atoms with E-state index < -0.39 is 0 Å². The molecule has 0 saturated carbocycles. The number of hydrogen-bond acceptors (Lipinski definition) is 10. The molecular formula is C17H21N7O2S2. The van der Waals surface area contributed by atoms with Crippen molar-refractivity contribution in [3.8, 4) is 28.0 Å². The van der Waals surface area contributed by atoms with Crippen LogP contribution in [0.4, 0.5) is 5.13 Å². The molecule has 3 aromatic heterocycles. The number of aromatic nitrogens is 4. The second kappa shape index (κ2) is 8.67. The van der Waals surface area contributed by atoms with Crippen LogP contribution in [0, 0.1) is 0 Å². The number of hydrogen-bond donors (Lipinski definition) is 2. The average molecular weight is 420 g/mol. The zero-order valence-electron chi connectivity index (χ0n) is 15.6. The predicted octanol–water partition coefficient (Wildman–Crippen LogP) is 2.45. The molecule has 0 fully saturated rings. The first kappa shape index (κ1) is 18.8. The third-order valence-corrected chi connectivity index (χ3v) is 5.63. The first-order valence-electron chi connectivity index (χ1n) is 8.86. The summed E-state index contributed by atoms with van der Waals surface area (Å²) < 4.78 is 12.3. The summed E-state index contributed by atoms with van der Waals surface area (Å²) in [5.41, 5.74) is 2.58. The van der Waals surface area contributed by atoms with E-state index in [2.05, 4.69) is 25.7 Å². The number of ether oxygens (including phenoxy) is 2. The molecule has 1 aliphatic heterocycles. The Bertz CT molecular complexity index is 963. The number of guanidine groups is 1. The Morgan fingerprint density at radius 2 is 2.07 bits per heavy atom. The molecule has 3 aromatic rings. The first-order chi connectivity index (χ1) is 13.7. The van der Waals surface area contributed by atoms with Crippen LogP contribution in [0.3, 0.4) is 0 Å². The van der Waals surface area contributed by atoms with Crippen molar-refractivity contribution in [1.29, 1.82) is 0 Å². The minimum absolute atomic E-state index is 0.463. The van der Waals surface area contributed by atoms with Crippen molar-refractivity contribution in [2.24, 2.45) is 12.0 Å². The summed E-state index contributed by atoms with van der Waals surface area (Å²) in [4.78, 5) is 13.8. The van der Waals surface area contributed by atoms with Gasteiger partial charge in [-0.15, -0.1) is 27.8 Å². The smallest absolute Gasteiger partial charge is 0.233 e. The number of rotatable bonds is 7. The Hall–Kier alpha value is -2.50. The Morgan fingerprint density at radius 1 is 1.21 bits per heavy atom. The van der Waals surface area contributed by atoms with Crippen LogP contribution >= 0.6 is 22.7 Å². The zero-order chi connectivity index (χ0) is 19.3. The average Bonchev–Trinajstić information content (AvgIpc) is 3.42. The molecular weight excluding hydrogens is 398 g/mol. The second-order valence-electron chi connectivity index (χ2n) is 6.04. The van der Waals surface area contributed by atoms with Gasteiger partial charge in [0.1, 0.15) is 28.7 Å². The molecule has 0 aliphatic carbocycles. The third kappa shape index (κ3) is 4.32. The number of aliphatic imine (C=N–C) groups is 1. The van der Waals surface area contributed by atoms with E-state index in [1.807, 2.05) is 23.9 Å². The number of methoxy groups -OCH3 is 1. The maximum absolute atomic E-state index is 5.58. The van der Waals surface area contributed by atoms with E-state index in [9.17, 15) is 0 Å². The normalized spacial score (nSPS) is 13.9. The van der Waals surface area contributed by atoms with Crippen LogP contribution in [0.2, 0.25) is 0 Å². The van der Waals surface area contributed by atoms with Crippen molar-refractivity contribution in [3.63, 3.8) is 0 Å². The monoisotopic (exact) mass is 419 g/mol. The third-order valence-electron chi connectivity index (χ3n) is 4.01. The Morgan fingerprint density at radius 3 is 2.89 bits per heavy atom. The summed E-state index contributed by atoms with van der Waals surface area (Å²) >= 11 is 3.09. The summed E-state index contributed by atoms with van der Waals surface area (Å²) in [5, 5.41) is 16.5. The van der Waals surface area contributed by atoms with Crippen LogP contribution in [-0.2, 0) is 11.8 Å². The molecule has 9 nitrogen and oxygen atoms in total. The molecule has 1 aliphatic rings. The predicted molar refractivity (Wildman–Crippen MR) is 111 cm³/mol. The molecule has 0 aromatic carbocycles. The van der Waals surface area contributed by atoms with Crippen molar-refractivity contribution in [2.75, 3.05) is 38.7 Å². The molecule has 2 N–H and O–H groups in total. The number of nitrogens with one attached hydrogen (secondary N) is 2. The topological polar surface area (TPSA) is 98.5 Å². The zero-order valence-corrected chi connectivity index (χ0v) is 17.3. The molecule has 0 saturated heterocycles. The highest BCUT2D eigenvalue weighted by atomic mass is 32.1. The molecule has 0 bridgehead atoms. The fraction of sp³-hybridized carbons (Fsp3) is 0.412. The molecule has 28 heavy (non-hydrogen) atoms. The fourth-order valence-corrected chi connectivity index (χ4v) is 4.18. The van der Waals surface area contributed by atoms with Crippen LogP contribution in [0.15, 0.2) is 21.8 Å². The van der Waals surface area contributed by atoms with Gasteiger partial charge < -0.3 is 20.1 Å². The maximum atomic E-state index is 5.58. The number of anilines is 1. The van der Waals surface area contributed by atoms with Crippen molar-refractivity contribution >= 4 is 33.8 Å². The minimum Gasteiger partial charge on any atom is -0.474 e. The first-order valence-corrected chi connectivity index (χ1v) is 10.6. The van der Waals surface area contributed by atoms with E-state index in [-0.39, 0.29) is 0 Å². The van der Waals surface area contributed by atoms with Gasteiger partial charge in [-0.2, -0.15) is 0 Å².